The second-order valence-electron chi connectivity index (χ2n) is 10.4. The highest BCUT2D eigenvalue weighted by atomic mass is 35.5. The zero-order valence-corrected chi connectivity index (χ0v) is 26.1. The Hall–Kier alpha value is -3.27. The molecule has 3 aromatic carbocycles. The Kier molecular flexibility index (Phi) is 10.7. The fourth-order valence-corrected chi connectivity index (χ4v) is 6.16. The van der Waals surface area contributed by atoms with Crippen LogP contribution in [0.1, 0.15) is 39.7 Å². The number of ether oxygens (including phenoxy) is 1. The van der Waals surface area contributed by atoms with Crippen molar-refractivity contribution in [2.24, 2.45) is 0 Å². The van der Waals surface area contributed by atoms with E-state index in [1.54, 1.807) is 55.5 Å². The average molecular weight is 621 g/mol. The first-order valence-electron chi connectivity index (χ1n) is 13.0. The molecule has 41 heavy (non-hydrogen) atoms. The van der Waals surface area contributed by atoms with Gasteiger partial charge < -0.3 is 15.0 Å². The van der Waals surface area contributed by atoms with Crippen LogP contribution >= 0.6 is 23.2 Å². The van der Waals surface area contributed by atoms with Gasteiger partial charge in [-0.3, -0.25) is 13.9 Å². The van der Waals surface area contributed by atoms with Crippen molar-refractivity contribution in [3.63, 3.8) is 0 Å². The number of sulfonamides is 1. The van der Waals surface area contributed by atoms with E-state index in [1.807, 2.05) is 20.8 Å². The summed E-state index contributed by atoms with van der Waals surface area (Å²) in [6.07, 6.45) is 0.270. The van der Waals surface area contributed by atoms with Gasteiger partial charge in [0.1, 0.15) is 18.3 Å². The van der Waals surface area contributed by atoms with Crippen molar-refractivity contribution in [1.82, 2.24) is 10.2 Å². The van der Waals surface area contributed by atoms with Crippen LogP contribution in [0.5, 0.6) is 5.75 Å². The molecule has 0 aliphatic rings. The van der Waals surface area contributed by atoms with Crippen molar-refractivity contribution in [2.45, 2.75) is 57.1 Å². The first-order valence-corrected chi connectivity index (χ1v) is 15.2. The van der Waals surface area contributed by atoms with Gasteiger partial charge in [-0.25, -0.2) is 8.42 Å². The maximum absolute atomic E-state index is 14.1. The molecule has 8 nitrogen and oxygen atoms in total. The molecule has 0 fully saturated rings. The van der Waals surface area contributed by atoms with E-state index < -0.39 is 34.1 Å². The van der Waals surface area contributed by atoms with Crippen molar-refractivity contribution in [3.05, 3.63) is 88.4 Å². The zero-order valence-electron chi connectivity index (χ0n) is 23.7. The maximum Gasteiger partial charge on any atom is 0.264 e. The van der Waals surface area contributed by atoms with Gasteiger partial charge in [0.2, 0.25) is 11.8 Å². The summed E-state index contributed by atoms with van der Waals surface area (Å²) in [6.45, 7) is 6.64. The SMILES string of the molecule is CC[C@@H](C(=O)NC(C)(C)C)N(Cc1c(Cl)cccc1Cl)C(=O)CN(c1ccccc1)S(=O)(=O)c1ccc(OC)cc1. The number of carbonyl (C=O) groups excluding carboxylic acids is 2. The minimum atomic E-state index is -4.20. The highest BCUT2D eigenvalue weighted by molar-refractivity contribution is 7.92. The van der Waals surface area contributed by atoms with Gasteiger partial charge in [0, 0.05) is 27.7 Å². The smallest absolute Gasteiger partial charge is 0.264 e. The molecule has 0 aliphatic carbocycles. The molecule has 0 unspecified atom stereocenters. The Labute approximate surface area is 252 Å². The molecule has 1 N–H and O–H groups in total. The molecule has 11 heteroatoms. The lowest BCUT2D eigenvalue weighted by molar-refractivity contribution is -0.141. The molecule has 0 radical (unpaired) electrons. The zero-order chi connectivity index (χ0) is 30.4. The van der Waals surface area contributed by atoms with Gasteiger partial charge in [-0.15, -0.1) is 0 Å². The molecular weight excluding hydrogens is 585 g/mol. The summed E-state index contributed by atoms with van der Waals surface area (Å²) in [7, 11) is -2.72. The number of anilines is 1. The van der Waals surface area contributed by atoms with Gasteiger partial charge in [-0.05, 0) is 75.7 Å². The summed E-state index contributed by atoms with van der Waals surface area (Å²) in [5, 5.41) is 3.58. The highest BCUT2D eigenvalue weighted by Crippen LogP contribution is 2.29. The molecule has 3 rings (SSSR count). The highest BCUT2D eigenvalue weighted by Gasteiger charge is 2.35. The van der Waals surface area contributed by atoms with Crippen molar-refractivity contribution >= 4 is 50.7 Å². The molecule has 0 heterocycles. The molecular formula is C30H35Cl2N3O5S. The number of nitrogens with one attached hydrogen (secondary N) is 1. The fourth-order valence-electron chi connectivity index (χ4n) is 4.22. The van der Waals surface area contributed by atoms with Gasteiger partial charge in [0.25, 0.3) is 10.0 Å². The lowest BCUT2D eigenvalue weighted by Crippen LogP contribution is -2.55. The van der Waals surface area contributed by atoms with E-state index >= 15 is 0 Å². The van der Waals surface area contributed by atoms with E-state index in [1.165, 1.54) is 36.3 Å². The van der Waals surface area contributed by atoms with Crippen LogP contribution in [0.4, 0.5) is 5.69 Å². The number of methoxy groups -OCH3 is 1. The summed E-state index contributed by atoms with van der Waals surface area (Å²) < 4.78 is 34.0. The van der Waals surface area contributed by atoms with Crippen LogP contribution in [0, 0.1) is 0 Å². The third kappa shape index (κ3) is 8.15. The minimum absolute atomic E-state index is 0.0202. The van der Waals surface area contributed by atoms with Gasteiger partial charge in [0.15, 0.2) is 0 Å². The topological polar surface area (TPSA) is 96.0 Å². The van der Waals surface area contributed by atoms with Crippen molar-refractivity contribution in [1.29, 1.82) is 0 Å². The lowest BCUT2D eigenvalue weighted by Gasteiger charge is -2.35. The Morgan fingerprint density at radius 2 is 1.51 bits per heavy atom. The standard InChI is InChI=1S/C30H35Cl2N3O5S/c1-6-27(29(37)33-30(2,3)4)34(19-24-25(31)13-10-14-26(24)32)28(36)20-35(21-11-8-7-9-12-21)41(38,39)23-17-15-22(40-5)16-18-23/h7-18,27H,6,19-20H2,1-5H3,(H,33,37)/t27-/m0/s1. The molecule has 0 saturated carbocycles. The minimum Gasteiger partial charge on any atom is -0.497 e. The van der Waals surface area contributed by atoms with E-state index in [4.69, 9.17) is 27.9 Å². The summed E-state index contributed by atoms with van der Waals surface area (Å²) in [5.74, 6) is -0.483. The third-order valence-electron chi connectivity index (χ3n) is 6.24. The number of rotatable bonds is 11. The van der Waals surface area contributed by atoms with Gasteiger partial charge >= 0.3 is 0 Å². The predicted molar refractivity (Wildman–Crippen MR) is 163 cm³/mol. The average Bonchev–Trinajstić information content (AvgIpc) is 2.92. The molecule has 0 aromatic heterocycles. The van der Waals surface area contributed by atoms with E-state index in [-0.39, 0.29) is 23.8 Å². The largest absolute Gasteiger partial charge is 0.497 e. The maximum atomic E-state index is 14.1. The molecule has 3 aromatic rings. The number of halogens is 2. The Morgan fingerprint density at radius 3 is 2.02 bits per heavy atom. The molecule has 0 bridgehead atoms. The van der Waals surface area contributed by atoms with Crippen LogP contribution in [-0.4, -0.2) is 50.4 Å². The van der Waals surface area contributed by atoms with Crippen LogP contribution in [0.3, 0.4) is 0 Å². The molecule has 220 valence electrons. The molecule has 0 aliphatic heterocycles. The number of nitrogens with zero attached hydrogens (tertiary/aromatic N) is 2. The number of para-hydroxylation sites is 1. The summed E-state index contributed by atoms with van der Waals surface area (Å²) in [6, 6.07) is 18.3. The second kappa shape index (κ2) is 13.6. The summed E-state index contributed by atoms with van der Waals surface area (Å²) >= 11 is 12.9. The quantitative estimate of drug-likeness (QED) is 0.287. The van der Waals surface area contributed by atoms with Crippen LogP contribution in [0.15, 0.2) is 77.7 Å². The van der Waals surface area contributed by atoms with Gasteiger partial charge in [-0.2, -0.15) is 0 Å². The Bertz CT molecular complexity index is 1440. The van der Waals surface area contributed by atoms with Crippen LogP contribution in [0.2, 0.25) is 10.0 Å². The van der Waals surface area contributed by atoms with Gasteiger partial charge in [-0.1, -0.05) is 54.4 Å². The van der Waals surface area contributed by atoms with Crippen molar-refractivity contribution in [2.75, 3.05) is 18.0 Å². The van der Waals surface area contributed by atoms with E-state index in [0.29, 0.717) is 27.0 Å². The summed E-state index contributed by atoms with van der Waals surface area (Å²) in [4.78, 5) is 28.9. The lowest BCUT2D eigenvalue weighted by atomic mass is 10.1. The number of benzene rings is 3. The number of amides is 2. The molecule has 0 saturated heterocycles. The summed E-state index contributed by atoms with van der Waals surface area (Å²) in [5.41, 5.74) is 0.185. The van der Waals surface area contributed by atoms with Crippen LogP contribution < -0.4 is 14.4 Å². The van der Waals surface area contributed by atoms with Crippen molar-refractivity contribution < 1.29 is 22.7 Å². The Balaban J connectivity index is 2.09. The second-order valence-corrected chi connectivity index (χ2v) is 13.1. The fraction of sp³-hybridized carbons (Fsp3) is 0.333. The van der Waals surface area contributed by atoms with Crippen LogP contribution in [-0.2, 0) is 26.2 Å². The van der Waals surface area contributed by atoms with E-state index in [9.17, 15) is 18.0 Å². The molecule has 0 spiro atoms. The van der Waals surface area contributed by atoms with E-state index in [2.05, 4.69) is 5.32 Å². The Morgan fingerprint density at radius 1 is 0.927 bits per heavy atom. The monoisotopic (exact) mass is 619 g/mol. The molecule has 2 amide bonds. The van der Waals surface area contributed by atoms with Gasteiger partial charge in [0.05, 0.1) is 17.7 Å². The van der Waals surface area contributed by atoms with E-state index in [0.717, 1.165) is 4.31 Å². The number of hydrogen-bond acceptors (Lipinski definition) is 5. The normalized spacial score (nSPS) is 12.4. The van der Waals surface area contributed by atoms with Crippen LogP contribution in [0.25, 0.3) is 0 Å². The number of hydrogen-bond donors (Lipinski definition) is 1. The third-order valence-corrected chi connectivity index (χ3v) is 8.74. The first kappa shape index (κ1) is 32.2. The number of carbonyl (C=O) groups is 2. The molecule has 1 atom stereocenters. The predicted octanol–water partition coefficient (Wildman–Crippen LogP) is 5.92. The van der Waals surface area contributed by atoms with Crippen molar-refractivity contribution in [3.8, 4) is 5.75 Å². The first-order chi connectivity index (χ1) is 19.3.